The van der Waals surface area contributed by atoms with Crippen LogP contribution in [-0.4, -0.2) is 11.9 Å². The van der Waals surface area contributed by atoms with Crippen LogP contribution >= 0.6 is 27.3 Å². The Morgan fingerprint density at radius 1 is 1.33 bits per heavy atom. The normalized spacial score (nSPS) is 28.1. The van der Waals surface area contributed by atoms with E-state index in [9.17, 15) is 4.79 Å². The van der Waals surface area contributed by atoms with Crippen LogP contribution in [-0.2, 0) is 0 Å². The molecule has 1 amide bonds. The van der Waals surface area contributed by atoms with Gasteiger partial charge in [-0.25, -0.2) is 0 Å². The highest BCUT2D eigenvalue weighted by Gasteiger charge is 2.25. The molecule has 100 valence electrons. The van der Waals surface area contributed by atoms with E-state index in [0.717, 1.165) is 38.9 Å². The molecule has 0 aromatic carbocycles. The first kappa shape index (κ1) is 14.1. The van der Waals surface area contributed by atoms with E-state index in [1.54, 1.807) is 0 Å². The summed E-state index contributed by atoms with van der Waals surface area (Å²) >= 11 is 4.98. The molecule has 4 heteroatoms. The van der Waals surface area contributed by atoms with Crippen LogP contribution < -0.4 is 5.32 Å². The van der Waals surface area contributed by atoms with Crippen LogP contribution in [0.5, 0.6) is 0 Å². The predicted molar refractivity (Wildman–Crippen MR) is 80.2 cm³/mol. The summed E-state index contributed by atoms with van der Waals surface area (Å²) in [6.07, 6.45) is 3.51. The molecule has 1 aromatic rings. The Kier molecular flexibility index (Phi) is 4.49. The molecule has 2 nitrogen and oxygen atoms in total. The number of hydrogen-bond acceptors (Lipinski definition) is 2. The number of carbonyl (C=O) groups excluding carboxylic acids is 1. The van der Waals surface area contributed by atoms with Gasteiger partial charge in [0, 0.05) is 6.04 Å². The van der Waals surface area contributed by atoms with Crippen molar-refractivity contribution in [1.82, 2.24) is 5.32 Å². The molecule has 0 saturated heterocycles. The van der Waals surface area contributed by atoms with Crippen molar-refractivity contribution in [3.8, 4) is 0 Å². The quantitative estimate of drug-likeness (QED) is 0.857. The third-order valence-electron chi connectivity index (χ3n) is 3.59. The molecule has 0 bridgehead atoms. The Balaban J connectivity index is 1.98. The molecule has 0 aliphatic heterocycles. The zero-order valence-corrected chi connectivity index (χ0v) is 13.5. The first-order chi connectivity index (χ1) is 8.45. The smallest absolute Gasteiger partial charge is 0.261 e. The largest absolute Gasteiger partial charge is 0.349 e. The van der Waals surface area contributed by atoms with Gasteiger partial charge in [0.1, 0.15) is 0 Å². The van der Waals surface area contributed by atoms with Gasteiger partial charge in [-0.3, -0.25) is 4.79 Å². The Bertz CT molecular complexity index is 414. The molecular formula is C14H20BrNOS. The van der Waals surface area contributed by atoms with Gasteiger partial charge < -0.3 is 5.32 Å². The van der Waals surface area contributed by atoms with Crippen LogP contribution in [0.1, 0.15) is 48.3 Å². The highest BCUT2D eigenvalue weighted by Crippen LogP contribution is 2.30. The molecule has 2 rings (SSSR count). The maximum Gasteiger partial charge on any atom is 0.261 e. The van der Waals surface area contributed by atoms with Crippen molar-refractivity contribution in [3.63, 3.8) is 0 Å². The first-order valence-corrected chi connectivity index (χ1v) is 8.13. The van der Waals surface area contributed by atoms with Crippen molar-refractivity contribution >= 4 is 33.2 Å². The average Bonchev–Trinajstić information content (AvgIpc) is 2.57. The molecule has 1 saturated carbocycles. The second-order valence-electron chi connectivity index (χ2n) is 5.66. The molecular weight excluding hydrogens is 310 g/mol. The van der Waals surface area contributed by atoms with Crippen molar-refractivity contribution < 1.29 is 4.79 Å². The summed E-state index contributed by atoms with van der Waals surface area (Å²) in [6.45, 7) is 6.57. The summed E-state index contributed by atoms with van der Waals surface area (Å²) in [4.78, 5) is 13.0. The number of hydrogen-bond donors (Lipinski definition) is 1. The van der Waals surface area contributed by atoms with Gasteiger partial charge in [0.25, 0.3) is 5.91 Å². The maximum atomic E-state index is 12.2. The molecule has 18 heavy (non-hydrogen) atoms. The van der Waals surface area contributed by atoms with Crippen molar-refractivity contribution in [3.05, 3.63) is 20.3 Å². The molecule has 1 heterocycles. The summed E-state index contributed by atoms with van der Waals surface area (Å²) in [6, 6.07) is 2.30. The minimum atomic E-state index is 0.0834. The predicted octanol–water partition coefficient (Wildman–Crippen LogP) is 4.37. The summed E-state index contributed by atoms with van der Waals surface area (Å²) in [5.41, 5.74) is 1.13. The molecule has 1 aromatic heterocycles. The zero-order valence-electron chi connectivity index (χ0n) is 11.1. The van der Waals surface area contributed by atoms with E-state index in [1.165, 1.54) is 17.8 Å². The number of thiophene rings is 1. The van der Waals surface area contributed by atoms with Crippen LogP contribution in [0.3, 0.4) is 0 Å². The molecule has 2 atom stereocenters. The molecule has 1 fully saturated rings. The lowest BCUT2D eigenvalue weighted by molar-refractivity contribution is 0.0915. The molecule has 2 unspecified atom stereocenters. The van der Waals surface area contributed by atoms with Crippen molar-refractivity contribution in [1.29, 1.82) is 0 Å². The van der Waals surface area contributed by atoms with E-state index < -0.39 is 0 Å². The lowest BCUT2D eigenvalue weighted by Gasteiger charge is -2.31. The summed E-state index contributed by atoms with van der Waals surface area (Å²) in [5, 5.41) is 3.19. The monoisotopic (exact) mass is 329 g/mol. The van der Waals surface area contributed by atoms with Gasteiger partial charge in [0.15, 0.2) is 0 Å². The number of amides is 1. The molecule has 1 aliphatic carbocycles. The number of halogens is 1. The van der Waals surface area contributed by atoms with E-state index in [-0.39, 0.29) is 5.91 Å². The third kappa shape index (κ3) is 3.35. The van der Waals surface area contributed by atoms with Crippen molar-refractivity contribution in [2.45, 2.75) is 46.1 Å². The van der Waals surface area contributed by atoms with Gasteiger partial charge in [-0.15, -0.1) is 11.3 Å². The highest BCUT2D eigenvalue weighted by atomic mass is 79.9. The second kappa shape index (κ2) is 5.74. The van der Waals surface area contributed by atoms with Crippen molar-refractivity contribution in [2.75, 3.05) is 0 Å². The topological polar surface area (TPSA) is 29.1 Å². The number of nitrogens with one attached hydrogen (secondary N) is 1. The minimum absolute atomic E-state index is 0.0834. The van der Waals surface area contributed by atoms with E-state index in [1.807, 2.05) is 13.0 Å². The lowest BCUT2D eigenvalue weighted by atomic mass is 9.80. The van der Waals surface area contributed by atoms with E-state index in [2.05, 4.69) is 35.1 Å². The zero-order chi connectivity index (χ0) is 13.3. The third-order valence-corrected chi connectivity index (χ3v) is 5.73. The summed E-state index contributed by atoms with van der Waals surface area (Å²) in [5.74, 6) is 1.52. The summed E-state index contributed by atoms with van der Waals surface area (Å²) in [7, 11) is 0. The molecule has 0 spiro atoms. The highest BCUT2D eigenvalue weighted by molar-refractivity contribution is 9.11. The summed E-state index contributed by atoms with van der Waals surface area (Å²) < 4.78 is 1.05. The lowest BCUT2D eigenvalue weighted by Crippen LogP contribution is -2.39. The van der Waals surface area contributed by atoms with Gasteiger partial charge in [0.2, 0.25) is 0 Å². The fourth-order valence-corrected chi connectivity index (χ4v) is 4.33. The van der Waals surface area contributed by atoms with Crippen LogP contribution in [0, 0.1) is 18.8 Å². The van der Waals surface area contributed by atoms with Gasteiger partial charge in [-0.05, 0) is 65.6 Å². The standard InChI is InChI=1S/C14H20BrNOS/c1-8-4-9(2)6-11(5-8)16-14(17)12-7-10(3)13(15)18-12/h7-9,11H,4-6H2,1-3H3,(H,16,17). The maximum absolute atomic E-state index is 12.2. The van der Waals surface area contributed by atoms with Gasteiger partial charge in [-0.1, -0.05) is 13.8 Å². The van der Waals surface area contributed by atoms with Gasteiger partial charge in [-0.2, -0.15) is 0 Å². The fourth-order valence-electron chi connectivity index (χ4n) is 2.89. The fraction of sp³-hybridized carbons (Fsp3) is 0.643. The Morgan fingerprint density at radius 2 is 1.94 bits per heavy atom. The van der Waals surface area contributed by atoms with Crippen LogP contribution in [0.2, 0.25) is 0 Å². The second-order valence-corrected chi connectivity index (χ2v) is 8.03. The van der Waals surface area contributed by atoms with Gasteiger partial charge >= 0.3 is 0 Å². The van der Waals surface area contributed by atoms with Crippen LogP contribution in [0.25, 0.3) is 0 Å². The Morgan fingerprint density at radius 3 is 2.44 bits per heavy atom. The molecule has 0 radical (unpaired) electrons. The first-order valence-electron chi connectivity index (χ1n) is 6.52. The number of aryl methyl sites for hydroxylation is 1. The molecule has 1 N–H and O–H groups in total. The van der Waals surface area contributed by atoms with Crippen LogP contribution in [0.15, 0.2) is 9.85 Å². The van der Waals surface area contributed by atoms with E-state index in [4.69, 9.17) is 0 Å². The molecule has 1 aliphatic rings. The van der Waals surface area contributed by atoms with Crippen molar-refractivity contribution in [2.24, 2.45) is 11.8 Å². The van der Waals surface area contributed by atoms with E-state index in [0.29, 0.717) is 6.04 Å². The van der Waals surface area contributed by atoms with Gasteiger partial charge in [0.05, 0.1) is 8.66 Å². The average molecular weight is 330 g/mol. The Hall–Kier alpha value is -0.350. The number of carbonyl (C=O) groups is 1. The number of rotatable bonds is 2. The Labute approximate surface area is 121 Å². The SMILES string of the molecule is Cc1cc(C(=O)NC2CC(C)CC(C)C2)sc1Br. The van der Waals surface area contributed by atoms with Crippen LogP contribution in [0.4, 0.5) is 0 Å². The van der Waals surface area contributed by atoms with E-state index >= 15 is 0 Å². The minimum Gasteiger partial charge on any atom is -0.349 e.